The molecule has 0 aromatic heterocycles. The lowest BCUT2D eigenvalue weighted by atomic mass is 10.4. The normalized spacial score (nSPS) is 22.3. The molecule has 1 fully saturated rings. The van der Waals surface area contributed by atoms with Gasteiger partial charge in [-0.25, -0.2) is 0 Å². The first-order valence-corrected chi connectivity index (χ1v) is 29.4. The molecule has 1 rings (SSSR count). The average Bonchev–Trinajstić information content (AvgIpc) is 2.84. The highest BCUT2D eigenvalue weighted by Crippen LogP contribution is 2.80. The van der Waals surface area contributed by atoms with E-state index in [4.69, 9.17) is 0 Å². The van der Waals surface area contributed by atoms with E-state index in [2.05, 4.69) is 123 Å². The molecule has 1 aliphatic rings. The third kappa shape index (κ3) is 3.67. The molecule has 0 radical (unpaired) electrons. The van der Waals surface area contributed by atoms with Gasteiger partial charge in [0.25, 0.3) is 6.94 Å². The Morgan fingerprint density at radius 1 is 0.548 bits per heavy atom. The second-order valence-corrected chi connectivity index (χ2v) is 45.6. The summed E-state index contributed by atoms with van der Waals surface area (Å²) in [6.07, 6.45) is 2.59. The van der Waals surface area contributed by atoms with Crippen LogP contribution in [0.1, 0.15) is 68.2 Å². The van der Waals surface area contributed by atoms with E-state index in [-0.39, 0.29) is 8.57 Å². The van der Waals surface area contributed by atoms with Crippen molar-refractivity contribution in [3.05, 3.63) is 0 Å². The molecule has 31 heavy (non-hydrogen) atoms. The van der Waals surface area contributed by atoms with Gasteiger partial charge in [0.2, 0.25) is 0 Å². The fourth-order valence-electron chi connectivity index (χ4n) is 7.70. The molecule has 0 aromatic carbocycles. The SMILES string of the molecule is CC(C)[Si](C)(C)C1([Si](C)(C)C(C)C)CCC([Si](C)(C)C(C)C)([Si](C)(C)C(C)C)[Si]1(O)Br. The zero-order chi connectivity index (χ0) is 25.2. The van der Waals surface area contributed by atoms with Gasteiger partial charge in [-0.3, -0.25) is 0 Å². The fourth-order valence-corrected chi connectivity index (χ4v) is 73.9. The van der Waals surface area contributed by atoms with Gasteiger partial charge in [-0.1, -0.05) is 158 Å². The van der Waals surface area contributed by atoms with Gasteiger partial charge in [0.15, 0.2) is 0 Å². The van der Waals surface area contributed by atoms with Crippen LogP contribution in [-0.4, -0.2) is 44.0 Å². The monoisotopic (exact) mass is 580 g/mol. The summed E-state index contributed by atoms with van der Waals surface area (Å²) in [6.45, 7) is 38.3. The maximum atomic E-state index is 13.5. The van der Waals surface area contributed by atoms with Crippen LogP contribution in [0, 0.1) is 0 Å². The summed E-state index contributed by atoms with van der Waals surface area (Å²) in [5.41, 5.74) is 2.77. The summed E-state index contributed by atoms with van der Waals surface area (Å²) in [7, 11) is -7.11. The highest BCUT2D eigenvalue weighted by atomic mass is 79.9. The van der Waals surface area contributed by atoms with E-state index in [1.807, 2.05) is 0 Å². The van der Waals surface area contributed by atoms with Crippen LogP contribution in [-0.2, 0) is 0 Å². The highest BCUT2D eigenvalue weighted by Gasteiger charge is 2.83. The maximum absolute atomic E-state index is 13.5. The molecule has 0 aliphatic carbocycles. The Balaban J connectivity index is 4.26. The molecule has 7 heteroatoms. The molecule has 1 N–H and O–H groups in total. The molecular formula is C24H57BrOSi5. The zero-order valence-electron chi connectivity index (χ0n) is 24.0. The number of halogens is 1. The van der Waals surface area contributed by atoms with Crippen molar-refractivity contribution in [1.82, 2.24) is 0 Å². The van der Waals surface area contributed by atoms with Crippen molar-refractivity contribution in [3.63, 3.8) is 0 Å². The first-order valence-electron chi connectivity index (χ1n) is 12.9. The van der Waals surface area contributed by atoms with Crippen LogP contribution < -0.4 is 0 Å². The summed E-state index contributed by atoms with van der Waals surface area (Å²) in [6, 6.07) is 0. The summed E-state index contributed by atoms with van der Waals surface area (Å²) in [4.78, 5) is 13.5. The van der Waals surface area contributed by atoms with Crippen molar-refractivity contribution in [1.29, 1.82) is 0 Å². The van der Waals surface area contributed by atoms with Crippen LogP contribution in [0.4, 0.5) is 0 Å². The Bertz CT molecular complexity index is 556. The predicted octanol–water partition coefficient (Wildman–Crippen LogP) is 9.72. The second kappa shape index (κ2) is 8.88. The van der Waals surface area contributed by atoms with Crippen LogP contribution in [0.25, 0.3) is 0 Å². The van der Waals surface area contributed by atoms with Crippen LogP contribution in [0.15, 0.2) is 0 Å². The lowest BCUT2D eigenvalue weighted by molar-refractivity contribution is 0.537. The van der Waals surface area contributed by atoms with E-state index >= 15 is 0 Å². The molecule has 0 saturated carbocycles. The molecule has 0 amide bonds. The molecule has 0 bridgehead atoms. The van der Waals surface area contributed by atoms with Gasteiger partial charge in [-0.15, -0.1) is 0 Å². The third-order valence-corrected chi connectivity index (χ3v) is 64.5. The standard InChI is InChI=1S/C24H57BrOSi5/c1-19(2)27(9,10)23(28(11,12)20(3)4)17-18-24(31(23,25)26,29(13,14)21(5)6)30(15,16)22(7)8/h19-22,26H,17-18H2,1-16H3. The Labute approximate surface area is 209 Å². The Kier molecular flexibility index (Phi) is 8.75. The molecule has 0 aromatic rings. The van der Waals surface area contributed by atoms with Gasteiger partial charge in [0.1, 0.15) is 0 Å². The Morgan fingerprint density at radius 2 is 0.710 bits per heavy atom. The molecular weight excluding hydrogens is 525 g/mol. The van der Waals surface area contributed by atoms with Crippen LogP contribution in [0.3, 0.4) is 0 Å². The highest BCUT2D eigenvalue weighted by molar-refractivity contribution is 9.26. The minimum absolute atomic E-state index is 0.202. The molecule has 1 aliphatic heterocycles. The summed E-state index contributed by atoms with van der Waals surface area (Å²) in [5, 5.41) is 0. The predicted molar refractivity (Wildman–Crippen MR) is 162 cm³/mol. The molecule has 1 heterocycles. The molecule has 0 atom stereocenters. The van der Waals surface area contributed by atoms with E-state index in [1.54, 1.807) is 0 Å². The van der Waals surface area contributed by atoms with E-state index in [9.17, 15) is 4.80 Å². The molecule has 0 spiro atoms. The van der Waals surface area contributed by atoms with Crippen molar-refractivity contribution < 1.29 is 4.80 Å². The Hall–Kier alpha value is 1.52. The average molecular weight is 582 g/mol. The fraction of sp³-hybridized carbons (Fsp3) is 1.00. The van der Waals surface area contributed by atoms with Crippen molar-refractivity contribution in [2.24, 2.45) is 0 Å². The zero-order valence-corrected chi connectivity index (χ0v) is 30.6. The minimum Gasteiger partial charge on any atom is -0.422 e. The van der Waals surface area contributed by atoms with Crippen molar-refractivity contribution >= 4 is 54.5 Å². The summed E-state index contributed by atoms with van der Waals surface area (Å²) < 4.78 is 0.404. The quantitative estimate of drug-likeness (QED) is 0.223. The summed E-state index contributed by atoms with van der Waals surface area (Å²) in [5.74, 6) is 0. The van der Waals surface area contributed by atoms with Crippen LogP contribution in [0.2, 0.25) is 83.1 Å². The first-order chi connectivity index (χ1) is 13.5. The molecule has 186 valence electrons. The van der Waals surface area contributed by atoms with E-state index < -0.39 is 39.2 Å². The topological polar surface area (TPSA) is 20.2 Å². The van der Waals surface area contributed by atoms with Gasteiger partial charge in [0.05, 0.1) is 32.3 Å². The van der Waals surface area contributed by atoms with Gasteiger partial charge < -0.3 is 4.80 Å². The van der Waals surface area contributed by atoms with Crippen LogP contribution in [0.5, 0.6) is 0 Å². The van der Waals surface area contributed by atoms with Gasteiger partial charge in [-0.2, -0.15) is 0 Å². The van der Waals surface area contributed by atoms with E-state index in [1.165, 1.54) is 12.8 Å². The second-order valence-electron chi connectivity index (χ2n) is 14.4. The smallest absolute Gasteiger partial charge is 0.262 e. The van der Waals surface area contributed by atoms with E-state index in [0.717, 1.165) is 0 Å². The number of hydrogen-bond acceptors (Lipinski definition) is 1. The Morgan fingerprint density at radius 3 is 0.839 bits per heavy atom. The largest absolute Gasteiger partial charge is 0.422 e. The van der Waals surface area contributed by atoms with Crippen molar-refractivity contribution in [2.45, 2.75) is 151 Å². The summed E-state index contributed by atoms with van der Waals surface area (Å²) >= 11 is 4.54. The lowest BCUT2D eigenvalue weighted by Gasteiger charge is -2.66. The molecule has 1 saturated heterocycles. The van der Waals surface area contributed by atoms with Crippen molar-refractivity contribution in [2.75, 3.05) is 0 Å². The third-order valence-electron chi connectivity index (χ3n) is 12.2. The van der Waals surface area contributed by atoms with Gasteiger partial charge in [-0.05, 0) is 8.57 Å². The van der Waals surface area contributed by atoms with Gasteiger partial charge in [0, 0.05) is 0 Å². The first kappa shape index (κ1) is 30.6. The molecule has 0 unspecified atom stereocenters. The number of rotatable bonds is 8. The van der Waals surface area contributed by atoms with Crippen molar-refractivity contribution in [3.8, 4) is 0 Å². The van der Waals surface area contributed by atoms with Crippen LogP contribution >= 0.6 is 15.3 Å². The van der Waals surface area contributed by atoms with Gasteiger partial charge >= 0.3 is 0 Å². The molecule has 1 nitrogen and oxygen atoms in total. The number of hydrogen-bond donors (Lipinski definition) is 1. The maximum Gasteiger partial charge on any atom is 0.262 e. The lowest BCUT2D eigenvalue weighted by Crippen LogP contribution is -2.77. The minimum atomic E-state index is -2.83. The van der Waals surface area contributed by atoms with E-state index in [0.29, 0.717) is 22.2 Å².